The van der Waals surface area contributed by atoms with E-state index in [4.69, 9.17) is 9.15 Å². The Morgan fingerprint density at radius 3 is 2.74 bits per heavy atom. The van der Waals surface area contributed by atoms with Gasteiger partial charge in [-0.15, -0.1) is 0 Å². The van der Waals surface area contributed by atoms with Gasteiger partial charge in [0.25, 0.3) is 0 Å². The molecule has 120 valence electrons. The normalized spacial score (nSPS) is 20.8. The molecule has 0 aromatic carbocycles. The second-order valence-corrected chi connectivity index (χ2v) is 6.17. The van der Waals surface area contributed by atoms with Crippen molar-refractivity contribution in [1.82, 2.24) is 0 Å². The number of nitrogens with zero attached hydrogens (tertiary/aromatic N) is 1. The first-order chi connectivity index (χ1) is 11.3. The summed E-state index contributed by atoms with van der Waals surface area (Å²) in [5, 5.41) is 0.735. The number of hydrogen-bond donors (Lipinski definition) is 0. The number of hydrogen-bond acceptors (Lipinski definition) is 4. The zero-order valence-corrected chi connectivity index (χ0v) is 13.2. The summed E-state index contributed by atoms with van der Waals surface area (Å²) in [6.45, 7) is 2.90. The van der Waals surface area contributed by atoms with Crippen LogP contribution >= 0.6 is 0 Å². The summed E-state index contributed by atoms with van der Waals surface area (Å²) in [5.41, 5.74) is 3.37. The maximum Gasteiger partial charge on any atom is 0.200 e. The number of ether oxygens (including phenoxy) is 1. The third-order valence-electron chi connectivity index (χ3n) is 4.71. The van der Waals surface area contributed by atoms with Crippen LogP contribution in [-0.2, 0) is 4.74 Å². The molecule has 23 heavy (non-hydrogen) atoms. The number of fused-ring (bicyclic) bond motifs is 1. The lowest BCUT2D eigenvalue weighted by atomic mass is 9.91. The van der Waals surface area contributed by atoms with E-state index < -0.39 is 0 Å². The summed E-state index contributed by atoms with van der Waals surface area (Å²) < 4.78 is 11.6. The Kier molecular flexibility index (Phi) is 3.92. The molecule has 0 bridgehead atoms. The average molecular weight is 311 g/mol. The van der Waals surface area contributed by atoms with Crippen molar-refractivity contribution in [2.24, 2.45) is 0 Å². The minimum absolute atomic E-state index is 0.0666. The molecular formula is C19H21NO3. The van der Waals surface area contributed by atoms with Crippen molar-refractivity contribution in [2.75, 3.05) is 31.2 Å². The molecule has 4 heteroatoms. The Morgan fingerprint density at radius 2 is 1.96 bits per heavy atom. The predicted octanol–water partition coefficient (Wildman–Crippen LogP) is 1.48. The fourth-order valence-corrected chi connectivity index (χ4v) is 3.48. The van der Waals surface area contributed by atoms with Gasteiger partial charge in [0.1, 0.15) is 5.42 Å². The van der Waals surface area contributed by atoms with E-state index in [0.29, 0.717) is 19.1 Å². The molecule has 0 spiro atoms. The molecule has 1 aliphatic heterocycles. The van der Waals surface area contributed by atoms with Gasteiger partial charge in [0.15, 0.2) is 11.3 Å². The number of allylic oxidation sites excluding steroid dienone is 4. The molecule has 3 aliphatic rings. The highest BCUT2D eigenvalue weighted by atomic mass is 16.5. The minimum Gasteiger partial charge on any atom is -0.440 e. The van der Waals surface area contributed by atoms with Crippen LogP contribution in [0.3, 0.4) is 0 Å². The Bertz CT molecular complexity index is 838. The van der Waals surface area contributed by atoms with Gasteiger partial charge in [-0.25, -0.2) is 0 Å². The van der Waals surface area contributed by atoms with Crippen molar-refractivity contribution < 1.29 is 9.15 Å². The molecule has 0 unspecified atom stereocenters. The van der Waals surface area contributed by atoms with Gasteiger partial charge in [0, 0.05) is 19.2 Å². The SMILES string of the molecule is O=c1cc(N2CCOCC2)oc2c1=CCCC=2C1=CC=CCC1. The minimum atomic E-state index is 0.0666. The topological polar surface area (TPSA) is 42.7 Å². The van der Waals surface area contributed by atoms with Crippen LogP contribution in [0.4, 0.5) is 5.88 Å². The molecule has 1 aromatic rings. The quantitative estimate of drug-likeness (QED) is 0.830. The van der Waals surface area contributed by atoms with E-state index in [-0.39, 0.29) is 5.43 Å². The fraction of sp³-hybridized carbons (Fsp3) is 0.421. The summed E-state index contributed by atoms with van der Waals surface area (Å²) in [4.78, 5) is 14.7. The second kappa shape index (κ2) is 6.20. The molecule has 1 saturated heterocycles. The standard InChI is InChI=1S/C19H21NO3/c21-17-13-18(20-9-11-22-12-10-20)23-19-15(7-4-8-16(17)19)14-5-2-1-3-6-14/h1-2,5,8,13H,3-4,6-7,9-12H2. The highest BCUT2D eigenvalue weighted by Crippen LogP contribution is 2.25. The molecule has 0 atom stereocenters. The van der Waals surface area contributed by atoms with E-state index in [1.54, 1.807) is 6.07 Å². The van der Waals surface area contributed by atoms with Crippen LogP contribution in [0, 0.1) is 0 Å². The number of morpholine rings is 1. The lowest BCUT2D eigenvalue weighted by Gasteiger charge is -2.27. The number of anilines is 1. The van der Waals surface area contributed by atoms with Crippen LogP contribution in [0.2, 0.25) is 0 Å². The predicted molar refractivity (Wildman–Crippen MR) is 90.8 cm³/mol. The summed E-state index contributed by atoms with van der Waals surface area (Å²) in [6, 6.07) is 1.64. The largest absolute Gasteiger partial charge is 0.440 e. The van der Waals surface area contributed by atoms with Crippen molar-refractivity contribution in [3.05, 3.63) is 50.7 Å². The van der Waals surface area contributed by atoms with Crippen molar-refractivity contribution >= 4 is 17.5 Å². The molecule has 2 heterocycles. The monoisotopic (exact) mass is 311 g/mol. The molecular weight excluding hydrogens is 290 g/mol. The summed E-state index contributed by atoms with van der Waals surface area (Å²) in [7, 11) is 0. The highest BCUT2D eigenvalue weighted by Gasteiger charge is 2.18. The van der Waals surface area contributed by atoms with E-state index in [1.807, 2.05) is 6.08 Å². The maximum absolute atomic E-state index is 12.6. The third kappa shape index (κ3) is 2.79. The van der Waals surface area contributed by atoms with Gasteiger partial charge in [0.2, 0.25) is 0 Å². The molecule has 4 nitrogen and oxygen atoms in total. The first-order valence-corrected chi connectivity index (χ1v) is 8.39. The molecule has 2 aliphatic carbocycles. The van der Waals surface area contributed by atoms with E-state index >= 15 is 0 Å². The van der Waals surface area contributed by atoms with Crippen molar-refractivity contribution in [1.29, 1.82) is 0 Å². The molecule has 0 amide bonds. The highest BCUT2D eigenvalue weighted by molar-refractivity contribution is 5.66. The zero-order valence-electron chi connectivity index (χ0n) is 13.2. The van der Waals surface area contributed by atoms with Crippen molar-refractivity contribution in [3.63, 3.8) is 0 Å². The van der Waals surface area contributed by atoms with Gasteiger partial charge in [-0.05, 0) is 36.8 Å². The lowest BCUT2D eigenvalue weighted by Crippen LogP contribution is -2.44. The van der Waals surface area contributed by atoms with E-state index in [9.17, 15) is 4.79 Å². The molecule has 0 N–H and O–H groups in total. The van der Waals surface area contributed by atoms with E-state index in [0.717, 1.165) is 49.4 Å². The van der Waals surface area contributed by atoms with Crippen LogP contribution in [0.5, 0.6) is 0 Å². The Labute approximate surface area is 135 Å². The molecule has 1 fully saturated rings. The summed E-state index contributed by atoms with van der Waals surface area (Å²) >= 11 is 0. The summed E-state index contributed by atoms with van der Waals surface area (Å²) in [6.07, 6.45) is 12.4. The second-order valence-electron chi connectivity index (χ2n) is 6.17. The van der Waals surface area contributed by atoms with Crippen LogP contribution < -0.4 is 21.0 Å². The first-order valence-electron chi connectivity index (χ1n) is 8.39. The van der Waals surface area contributed by atoms with Crippen molar-refractivity contribution in [2.45, 2.75) is 25.7 Å². The smallest absolute Gasteiger partial charge is 0.200 e. The molecule has 1 aromatic heterocycles. The van der Waals surface area contributed by atoms with Crippen LogP contribution in [-0.4, -0.2) is 26.3 Å². The summed E-state index contributed by atoms with van der Waals surface area (Å²) in [5.74, 6) is 0.678. The fourth-order valence-electron chi connectivity index (χ4n) is 3.48. The Hall–Kier alpha value is -2.07. The van der Waals surface area contributed by atoms with Crippen LogP contribution in [0.25, 0.3) is 11.6 Å². The van der Waals surface area contributed by atoms with Crippen LogP contribution in [0.15, 0.2) is 39.1 Å². The molecule has 4 rings (SSSR count). The van der Waals surface area contributed by atoms with Crippen LogP contribution in [0.1, 0.15) is 25.7 Å². The van der Waals surface area contributed by atoms with Gasteiger partial charge in [-0.1, -0.05) is 24.3 Å². The lowest BCUT2D eigenvalue weighted by molar-refractivity contribution is 0.120. The molecule has 0 saturated carbocycles. The van der Waals surface area contributed by atoms with Gasteiger partial charge in [-0.2, -0.15) is 0 Å². The van der Waals surface area contributed by atoms with Crippen molar-refractivity contribution in [3.8, 4) is 0 Å². The van der Waals surface area contributed by atoms with Gasteiger partial charge < -0.3 is 14.1 Å². The van der Waals surface area contributed by atoms with Gasteiger partial charge >= 0.3 is 0 Å². The molecule has 0 radical (unpaired) electrons. The van der Waals surface area contributed by atoms with E-state index in [1.165, 1.54) is 11.1 Å². The average Bonchev–Trinajstić information content (AvgIpc) is 2.63. The van der Waals surface area contributed by atoms with Gasteiger partial charge in [0.05, 0.1) is 18.4 Å². The third-order valence-corrected chi connectivity index (χ3v) is 4.71. The maximum atomic E-state index is 12.6. The first kappa shape index (κ1) is 14.5. The van der Waals surface area contributed by atoms with Gasteiger partial charge in [-0.3, -0.25) is 4.79 Å². The Morgan fingerprint density at radius 1 is 1.09 bits per heavy atom. The number of rotatable bonds is 2. The zero-order chi connectivity index (χ0) is 15.6. The van der Waals surface area contributed by atoms with E-state index in [2.05, 4.69) is 23.1 Å². The Balaban J connectivity index is 1.89.